The van der Waals surface area contributed by atoms with E-state index in [0.717, 1.165) is 29.8 Å². The molecule has 0 radical (unpaired) electrons. The maximum atomic E-state index is 13.1. The molecule has 1 heterocycles. The van der Waals surface area contributed by atoms with Crippen molar-refractivity contribution >= 4 is 27.0 Å². The van der Waals surface area contributed by atoms with Crippen LogP contribution in [0, 0.1) is 5.82 Å². The van der Waals surface area contributed by atoms with Gasteiger partial charge in [-0.2, -0.15) is 10.2 Å². The number of carbonyl (C=O) groups excluding carboxylic acids is 1. The maximum Gasteiger partial charge on any atom is 0.190 e. The smallest absolute Gasteiger partial charge is 0.190 e. The van der Waals surface area contributed by atoms with Crippen molar-refractivity contribution in [2.75, 3.05) is 0 Å². The maximum absolute atomic E-state index is 13.1. The first-order valence-electron chi connectivity index (χ1n) is 8.56. The van der Waals surface area contributed by atoms with Crippen LogP contribution in [0.2, 0.25) is 0 Å². The van der Waals surface area contributed by atoms with Gasteiger partial charge < -0.3 is 5.11 Å². The van der Waals surface area contributed by atoms with E-state index in [2.05, 4.69) is 10.2 Å². The number of phenolic OH excluding ortho intramolecular Hbond substituents is 1. The number of ketones is 1. The fourth-order valence-corrected chi connectivity index (χ4v) is 4.22. The number of Topliss-reactive ketones (excluding diaryl/α,β-unsaturated/α-hetero) is 1. The van der Waals surface area contributed by atoms with Gasteiger partial charge in [-0.25, -0.2) is 12.8 Å². The largest absolute Gasteiger partial charge is 0.508 e. The van der Waals surface area contributed by atoms with Crippen molar-refractivity contribution in [3.8, 4) is 5.75 Å². The van der Waals surface area contributed by atoms with Crippen LogP contribution in [0.3, 0.4) is 0 Å². The van der Waals surface area contributed by atoms with Crippen LogP contribution in [0.15, 0.2) is 63.6 Å². The first-order chi connectivity index (χ1) is 13.1. The number of nitrogens with zero attached hydrogens (tertiary/aromatic N) is 2. The molecule has 6 nitrogen and oxygen atoms in total. The summed E-state index contributed by atoms with van der Waals surface area (Å²) in [5.41, 5.74) is 1.87. The highest BCUT2D eigenvalue weighted by Crippen LogP contribution is 2.28. The Morgan fingerprint density at radius 2 is 1.68 bits per heavy atom. The molecule has 146 valence electrons. The molecule has 1 aliphatic rings. The topological polar surface area (TPSA) is 96.2 Å². The molecule has 2 aromatic carbocycles. The Bertz CT molecular complexity index is 1070. The summed E-state index contributed by atoms with van der Waals surface area (Å²) >= 11 is 0. The molecule has 1 N–H and O–H groups in total. The lowest BCUT2D eigenvalue weighted by atomic mass is 9.98. The second-order valence-corrected chi connectivity index (χ2v) is 9.50. The van der Waals surface area contributed by atoms with Gasteiger partial charge in [0.15, 0.2) is 15.6 Å². The number of carbonyl (C=O) groups is 1. The van der Waals surface area contributed by atoms with Gasteiger partial charge in [0, 0.05) is 12.8 Å². The summed E-state index contributed by atoms with van der Waals surface area (Å²) in [6, 6.07) is 10.8. The lowest BCUT2D eigenvalue weighted by Crippen LogP contribution is -2.41. The molecule has 0 saturated carbocycles. The van der Waals surface area contributed by atoms with Crippen molar-refractivity contribution in [1.29, 1.82) is 0 Å². The van der Waals surface area contributed by atoms with Gasteiger partial charge in [-0.3, -0.25) is 4.79 Å². The average Bonchev–Trinajstić information content (AvgIpc) is 3.11. The summed E-state index contributed by atoms with van der Waals surface area (Å²) in [7, 11) is -4.00. The molecule has 0 aromatic heterocycles. The van der Waals surface area contributed by atoms with Gasteiger partial charge in [0.05, 0.1) is 16.3 Å². The number of hydrogen-bond acceptors (Lipinski definition) is 6. The number of halogens is 1. The van der Waals surface area contributed by atoms with E-state index < -0.39 is 26.2 Å². The molecule has 3 rings (SSSR count). The van der Waals surface area contributed by atoms with Crippen LogP contribution >= 0.6 is 0 Å². The molecule has 0 amide bonds. The summed E-state index contributed by atoms with van der Waals surface area (Å²) < 4.78 is 37.1. The van der Waals surface area contributed by atoms with E-state index in [1.54, 1.807) is 12.1 Å². The minimum absolute atomic E-state index is 0.110. The highest BCUT2D eigenvalue weighted by atomic mass is 32.2. The molecular formula is C20H19FN2O4S. The minimum atomic E-state index is -4.00. The fourth-order valence-electron chi connectivity index (χ4n) is 2.76. The number of rotatable bonds is 6. The molecular weight excluding hydrogens is 383 g/mol. The number of benzene rings is 2. The fraction of sp³-hybridized carbons (Fsp3) is 0.250. The van der Waals surface area contributed by atoms with Crippen molar-refractivity contribution in [2.45, 2.75) is 36.3 Å². The van der Waals surface area contributed by atoms with E-state index in [1.165, 1.54) is 26.0 Å². The Morgan fingerprint density at radius 1 is 1.07 bits per heavy atom. The number of hydrogen-bond donors (Lipinski definition) is 1. The third kappa shape index (κ3) is 3.73. The lowest BCUT2D eigenvalue weighted by Gasteiger charge is -2.23. The van der Waals surface area contributed by atoms with Crippen LogP contribution in [0.25, 0.3) is 0 Å². The van der Waals surface area contributed by atoms with E-state index in [9.17, 15) is 22.7 Å². The van der Waals surface area contributed by atoms with Gasteiger partial charge in [-0.05, 0) is 67.9 Å². The van der Waals surface area contributed by atoms with E-state index in [1.807, 2.05) is 0 Å². The van der Waals surface area contributed by atoms with Crippen LogP contribution in [-0.4, -0.2) is 35.5 Å². The van der Waals surface area contributed by atoms with Crippen molar-refractivity contribution < 1.29 is 22.7 Å². The van der Waals surface area contributed by atoms with Crippen LogP contribution in [0.4, 0.5) is 4.39 Å². The van der Waals surface area contributed by atoms with Gasteiger partial charge in [0.1, 0.15) is 16.3 Å². The predicted molar refractivity (Wildman–Crippen MR) is 104 cm³/mol. The molecule has 0 atom stereocenters. The first kappa shape index (κ1) is 19.9. The molecule has 0 saturated heterocycles. The third-order valence-corrected chi connectivity index (χ3v) is 7.18. The van der Waals surface area contributed by atoms with E-state index in [-0.39, 0.29) is 17.1 Å². The second-order valence-electron chi connectivity index (χ2n) is 7.00. The monoisotopic (exact) mass is 402 g/mol. The Morgan fingerprint density at radius 3 is 2.29 bits per heavy atom. The second kappa shape index (κ2) is 7.27. The number of sulfone groups is 1. The Balaban J connectivity index is 1.72. The Labute approximate surface area is 162 Å². The van der Waals surface area contributed by atoms with Crippen molar-refractivity contribution in [3.05, 3.63) is 59.9 Å². The van der Waals surface area contributed by atoms with E-state index in [0.29, 0.717) is 17.8 Å². The molecule has 0 aliphatic carbocycles. The van der Waals surface area contributed by atoms with Crippen molar-refractivity contribution in [2.24, 2.45) is 10.2 Å². The van der Waals surface area contributed by atoms with Crippen LogP contribution in [0.5, 0.6) is 5.75 Å². The van der Waals surface area contributed by atoms with Gasteiger partial charge in [0.25, 0.3) is 0 Å². The highest BCUT2D eigenvalue weighted by molar-refractivity contribution is 7.93. The van der Waals surface area contributed by atoms with Gasteiger partial charge in [0.2, 0.25) is 0 Å². The molecule has 2 aromatic rings. The summed E-state index contributed by atoms with van der Waals surface area (Å²) in [6.07, 6.45) is 0.168. The molecule has 8 heteroatoms. The summed E-state index contributed by atoms with van der Waals surface area (Å²) in [6.45, 7) is 2.68. The third-order valence-electron chi connectivity index (χ3n) is 4.72. The minimum Gasteiger partial charge on any atom is -0.508 e. The normalized spacial score (nSPS) is 14.5. The van der Waals surface area contributed by atoms with Gasteiger partial charge in [-0.15, -0.1) is 0 Å². The zero-order valence-corrected chi connectivity index (χ0v) is 16.2. The molecule has 1 aliphatic heterocycles. The summed E-state index contributed by atoms with van der Waals surface area (Å²) in [4.78, 5) is 12.7. The standard InChI is InChI=1S/C20H19FN2O4S/c1-20(2,28(26,27)17-9-5-14(21)6-10-17)19(25)12-15-11-18(23-22-15)13-3-7-16(24)8-4-13/h3-10,24H,11-12H2,1-2H3. The van der Waals surface area contributed by atoms with Gasteiger partial charge >= 0.3 is 0 Å². The average molecular weight is 402 g/mol. The molecule has 28 heavy (non-hydrogen) atoms. The quantitative estimate of drug-likeness (QED) is 0.750. The van der Waals surface area contributed by atoms with Crippen LogP contribution in [0.1, 0.15) is 32.3 Å². The van der Waals surface area contributed by atoms with Crippen molar-refractivity contribution in [1.82, 2.24) is 0 Å². The zero-order valence-electron chi connectivity index (χ0n) is 15.4. The van der Waals surface area contributed by atoms with Crippen molar-refractivity contribution in [3.63, 3.8) is 0 Å². The van der Waals surface area contributed by atoms with Crippen LogP contribution < -0.4 is 0 Å². The van der Waals surface area contributed by atoms with E-state index in [4.69, 9.17) is 0 Å². The van der Waals surface area contributed by atoms with E-state index >= 15 is 0 Å². The first-order valence-corrected chi connectivity index (χ1v) is 10.0. The SMILES string of the molecule is CC(C)(C(=O)CC1=NN=C(c2ccc(O)cc2)C1)S(=O)(=O)c1ccc(F)cc1. The molecule has 0 spiro atoms. The van der Waals surface area contributed by atoms with Crippen LogP contribution in [-0.2, 0) is 14.6 Å². The Hall–Kier alpha value is -2.87. The summed E-state index contributed by atoms with van der Waals surface area (Å²) in [5.74, 6) is -0.938. The van der Waals surface area contributed by atoms with Gasteiger partial charge in [-0.1, -0.05) is 0 Å². The summed E-state index contributed by atoms with van der Waals surface area (Å²) in [5, 5.41) is 17.4. The number of aromatic hydroxyl groups is 1. The zero-order chi connectivity index (χ0) is 20.5. The number of phenols is 1. The molecule has 0 unspecified atom stereocenters. The molecule has 0 fully saturated rings. The highest BCUT2D eigenvalue weighted by Gasteiger charge is 2.42. The lowest BCUT2D eigenvalue weighted by molar-refractivity contribution is -0.119. The Kier molecular flexibility index (Phi) is 5.16. The predicted octanol–water partition coefficient (Wildman–Crippen LogP) is 3.29. The molecule has 0 bridgehead atoms.